The Balaban J connectivity index is 1.54. The maximum atomic E-state index is 11.0. The molecule has 108 valence electrons. The van der Waals surface area contributed by atoms with Crippen molar-refractivity contribution in [3.05, 3.63) is 0 Å². The van der Waals surface area contributed by atoms with E-state index in [9.17, 15) is 4.79 Å². The Morgan fingerprint density at radius 1 is 1.05 bits per heavy atom. The number of hydrogen-bond acceptors (Lipinski definition) is 6. The van der Waals surface area contributed by atoms with Crippen molar-refractivity contribution in [2.75, 3.05) is 19.8 Å². The molecule has 0 amide bonds. The van der Waals surface area contributed by atoms with E-state index in [0.29, 0.717) is 13.2 Å². The van der Waals surface area contributed by atoms with Gasteiger partial charge >= 0.3 is 5.97 Å². The van der Waals surface area contributed by atoms with Crippen LogP contribution in [-0.2, 0) is 28.5 Å². The van der Waals surface area contributed by atoms with E-state index in [-0.39, 0.29) is 36.7 Å². The molecule has 5 atom stereocenters. The first-order valence-corrected chi connectivity index (χ1v) is 6.91. The van der Waals surface area contributed by atoms with Crippen LogP contribution in [0, 0.1) is 0 Å². The minimum absolute atomic E-state index is 0.131. The Bertz CT molecular complexity index is 327. The van der Waals surface area contributed by atoms with Gasteiger partial charge in [-0.2, -0.15) is 0 Å². The Kier molecular flexibility index (Phi) is 4.02. The highest BCUT2D eigenvalue weighted by molar-refractivity contribution is 5.66. The molecule has 0 aromatic carbocycles. The first-order valence-electron chi connectivity index (χ1n) is 6.91. The van der Waals surface area contributed by atoms with Gasteiger partial charge in [0.2, 0.25) is 0 Å². The number of esters is 1. The van der Waals surface area contributed by atoms with E-state index < -0.39 is 0 Å². The van der Waals surface area contributed by atoms with Gasteiger partial charge in [0.1, 0.15) is 18.3 Å². The summed E-state index contributed by atoms with van der Waals surface area (Å²) in [6.45, 7) is 2.99. The van der Waals surface area contributed by atoms with Gasteiger partial charge in [-0.3, -0.25) is 4.79 Å². The molecule has 3 saturated heterocycles. The SMILES string of the molecule is CC(=O)O[C@H]1CO[C@H]2[C@@H]1OC[C@H]2OC1CCCCO1. The van der Waals surface area contributed by atoms with Crippen LogP contribution >= 0.6 is 0 Å². The molecule has 3 aliphatic heterocycles. The van der Waals surface area contributed by atoms with Gasteiger partial charge in [-0.25, -0.2) is 0 Å². The zero-order chi connectivity index (χ0) is 13.2. The van der Waals surface area contributed by atoms with E-state index >= 15 is 0 Å². The van der Waals surface area contributed by atoms with E-state index in [2.05, 4.69) is 0 Å². The highest BCUT2D eigenvalue weighted by Crippen LogP contribution is 2.32. The monoisotopic (exact) mass is 272 g/mol. The van der Waals surface area contributed by atoms with Crippen LogP contribution in [0.2, 0.25) is 0 Å². The molecule has 0 N–H and O–H groups in total. The second-order valence-electron chi connectivity index (χ2n) is 5.21. The fourth-order valence-corrected chi connectivity index (χ4v) is 2.87. The third-order valence-electron chi connectivity index (χ3n) is 3.74. The maximum absolute atomic E-state index is 11.0. The van der Waals surface area contributed by atoms with Gasteiger partial charge < -0.3 is 23.7 Å². The van der Waals surface area contributed by atoms with Gasteiger partial charge in [0.25, 0.3) is 0 Å². The number of fused-ring (bicyclic) bond motifs is 1. The summed E-state index contributed by atoms with van der Waals surface area (Å²) >= 11 is 0. The van der Waals surface area contributed by atoms with Crippen LogP contribution in [0.3, 0.4) is 0 Å². The highest BCUT2D eigenvalue weighted by atomic mass is 16.7. The number of rotatable bonds is 3. The number of carbonyl (C=O) groups is 1. The van der Waals surface area contributed by atoms with Crippen molar-refractivity contribution in [1.29, 1.82) is 0 Å². The van der Waals surface area contributed by atoms with Crippen molar-refractivity contribution < 1.29 is 28.5 Å². The Hall–Kier alpha value is -0.690. The van der Waals surface area contributed by atoms with Crippen molar-refractivity contribution in [3.8, 4) is 0 Å². The summed E-state index contributed by atoms with van der Waals surface area (Å²) < 4.78 is 28.0. The van der Waals surface area contributed by atoms with Crippen LogP contribution < -0.4 is 0 Å². The van der Waals surface area contributed by atoms with Gasteiger partial charge in [-0.05, 0) is 19.3 Å². The largest absolute Gasteiger partial charge is 0.457 e. The minimum Gasteiger partial charge on any atom is -0.457 e. The Morgan fingerprint density at radius 2 is 1.79 bits per heavy atom. The Labute approximate surface area is 112 Å². The lowest BCUT2D eigenvalue weighted by Crippen LogP contribution is -2.37. The van der Waals surface area contributed by atoms with E-state index in [4.69, 9.17) is 23.7 Å². The normalized spacial score (nSPS) is 42.1. The summed E-state index contributed by atoms with van der Waals surface area (Å²) in [7, 11) is 0. The summed E-state index contributed by atoms with van der Waals surface area (Å²) in [4.78, 5) is 11.0. The van der Waals surface area contributed by atoms with Crippen LogP contribution in [0.1, 0.15) is 26.2 Å². The molecule has 0 aromatic rings. The molecule has 6 heteroatoms. The first kappa shape index (κ1) is 13.3. The summed E-state index contributed by atoms with van der Waals surface area (Å²) in [5.41, 5.74) is 0. The topological polar surface area (TPSA) is 63.2 Å². The number of ether oxygens (including phenoxy) is 5. The van der Waals surface area contributed by atoms with Crippen molar-refractivity contribution in [2.24, 2.45) is 0 Å². The third kappa shape index (κ3) is 2.91. The fourth-order valence-electron chi connectivity index (χ4n) is 2.87. The van der Waals surface area contributed by atoms with E-state index in [1.165, 1.54) is 6.92 Å². The zero-order valence-corrected chi connectivity index (χ0v) is 11.1. The summed E-state index contributed by atoms with van der Waals surface area (Å²) in [5.74, 6) is -0.308. The second kappa shape index (κ2) is 5.75. The van der Waals surface area contributed by atoms with Crippen LogP contribution in [0.5, 0.6) is 0 Å². The Morgan fingerprint density at radius 3 is 2.47 bits per heavy atom. The van der Waals surface area contributed by atoms with Crippen LogP contribution in [0.15, 0.2) is 0 Å². The standard InChI is InChI=1S/C13H20O6/c1-8(14)18-9-6-16-13-10(7-17-12(9)13)19-11-4-2-3-5-15-11/h9-13H,2-7H2,1H3/t9-,10+,11?,12+,13+/m0/s1. The summed E-state index contributed by atoms with van der Waals surface area (Å²) in [6.07, 6.45) is 2.17. The van der Waals surface area contributed by atoms with Crippen LogP contribution in [0.4, 0.5) is 0 Å². The lowest BCUT2D eigenvalue weighted by atomic mass is 10.1. The average molecular weight is 272 g/mol. The molecule has 0 saturated carbocycles. The summed E-state index contributed by atoms with van der Waals surface area (Å²) in [5, 5.41) is 0. The molecule has 0 aliphatic carbocycles. The molecule has 0 spiro atoms. The lowest BCUT2D eigenvalue weighted by molar-refractivity contribution is -0.202. The third-order valence-corrected chi connectivity index (χ3v) is 3.74. The molecule has 3 aliphatic rings. The van der Waals surface area contributed by atoms with E-state index in [1.54, 1.807) is 0 Å². The molecule has 6 nitrogen and oxygen atoms in total. The minimum atomic E-state index is -0.316. The van der Waals surface area contributed by atoms with Gasteiger partial charge in [0.15, 0.2) is 12.4 Å². The van der Waals surface area contributed by atoms with Crippen molar-refractivity contribution in [3.63, 3.8) is 0 Å². The van der Waals surface area contributed by atoms with E-state index in [1.807, 2.05) is 0 Å². The molecular weight excluding hydrogens is 252 g/mol. The molecule has 3 rings (SSSR count). The summed E-state index contributed by atoms with van der Waals surface area (Å²) in [6, 6.07) is 0. The number of carbonyl (C=O) groups excluding carboxylic acids is 1. The van der Waals surface area contributed by atoms with Crippen molar-refractivity contribution in [2.45, 2.75) is 56.9 Å². The molecule has 3 heterocycles. The smallest absolute Gasteiger partial charge is 0.303 e. The predicted molar refractivity (Wildman–Crippen MR) is 63.5 cm³/mol. The van der Waals surface area contributed by atoms with Gasteiger partial charge in [-0.1, -0.05) is 0 Å². The molecule has 19 heavy (non-hydrogen) atoms. The molecule has 1 unspecified atom stereocenters. The van der Waals surface area contributed by atoms with Crippen LogP contribution in [0.25, 0.3) is 0 Å². The fraction of sp³-hybridized carbons (Fsp3) is 0.923. The van der Waals surface area contributed by atoms with Gasteiger partial charge in [-0.15, -0.1) is 0 Å². The molecule has 3 fully saturated rings. The predicted octanol–water partition coefficient (Wildman–Crippen LogP) is 0.627. The van der Waals surface area contributed by atoms with Crippen molar-refractivity contribution >= 4 is 5.97 Å². The molecular formula is C13H20O6. The zero-order valence-electron chi connectivity index (χ0n) is 11.1. The average Bonchev–Trinajstić information content (AvgIpc) is 2.95. The van der Waals surface area contributed by atoms with Gasteiger partial charge in [0, 0.05) is 13.5 Å². The van der Waals surface area contributed by atoms with E-state index in [0.717, 1.165) is 25.9 Å². The second-order valence-corrected chi connectivity index (χ2v) is 5.21. The van der Waals surface area contributed by atoms with Crippen LogP contribution in [-0.4, -0.2) is 56.5 Å². The quantitative estimate of drug-likeness (QED) is 0.702. The molecule has 0 bridgehead atoms. The van der Waals surface area contributed by atoms with Gasteiger partial charge in [0.05, 0.1) is 13.2 Å². The first-order chi connectivity index (χ1) is 9.24. The maximum Gasteiger partial charge on any atom is 0.303 e. The van der Waals surface area contributed by atoms with Crippen molar-refractivity contribution in [1.82, 2.24) is 0 Å². The molecule has 0 aromatic heterocycles. The highest BCUT2D eigenvalue weighted by Gasteiger charge is 2.50. The lowest BCUT2D eigenvalue weighted by Gasteiger charge is -2.27. The number of hydrogen-bond donors (Lipinski definition) is 0. The molecule has 0 radical (unpaired) electrons.